The lowest BCUT2D eigenvalue weighted by atomic mass is 9.84. The molecule has 3 nitrogen and oxygen atoms in total. The topological polar surface area (TPSA) is 32.3 Å². The van der Waals surface area contributed by atoms with Crippen LogP contribution < -0.4 is 5.32 Å². The normalized spacial score (nSPS) is 39.8. The molecule has 0 aromatic carbocycles. The predicted molar refractivity (Wildman–Crippen MR) is 96.5 cm³/mol. The van der Waals surface area contributed by atoms with Crippen molar-refractivity contribution in [2.75, 3.05) is 31.1 Å². The number of nitrogens with one attached hydrogen (secondary N) is 1. The highest BCUT2D eigenvalue weighted by atomic mass is 32.2. The third-order valence-electron chi connectivity index (χ3n) is 6.48. The van der Waals surface area contributed by atoms with Gasteiger partial charge in [0, 0.05) is 36.6 Å². The minimum atomic E-state index is 0.307. The summed E-state index contributed by atoms with van der Waals surface area (Å²) in [5.41, 5.74) is 0. The van der Waals surface area contributed by atoms with E-state index in [9.17, 15) is 4.79 Å². The van der Waals surface area contributed by atoms with Crippen LogP contribution >= 0.6 is 11.8 Å². The first kappa shape index (κ1) is 16.0. The Morgan fingerprint density at radius 1 is 1.09 bits per heavy atom. The lowest BCUT2D eigenvalue weighted by Gasteiger charge is -2.34. The Hall–Kier alpha value is -0.480. The third-order valence-corrected chi connectivity index (χ3v) is 7.43. The van der Waals surface area contributed by atoms with Gasteiger partial charge in [0.25, 0.3) is 0 Å². The summed E-state index contributed by atoms with van der Waals surface area (Å²) >= 11 is 1.98. The number of thioether (sulfide) groups is 1. The second-order valence-corrected chi connectivity index (χ2v) is 9.16. The summed E-state index contributed by atoms with van der Waals surface area (Å²) in [5.74, 6) is 5.60. The first-order valence-electron chi connectivity index (χ1n) is 9.58. The quantitative estimate of drug-likeness (QED) is 0.802. The molecule has 0 radical (unpaired) electrons. The molecule has 4 heteroatoms. The number of allylic oxidation sites excluding steroid dienone is 2. The maximum atomic E-state index is 12.6. The van der Waals surface area contributed by atoms with E-state index in [4.69, 9.17) is 0 Å². The Labute approximate surface area is 144 Å². The van der Waals surface area contributed by atoms with Gasteiger partial charge in [0.2, 0.25) is 5.91 Å². The molecule has 23 heavy (non-hydrogen) atoms. The van der Waals surface area contributed by atoms with E-state index in [-0.39, 0.29) is 0 Å². The summed E-state index contributed by atoms with van der Waals surface area (Å²) in [6.45, 7) is 3.14. The van der Waals surface area contributed by atoms with E-state index in [1.54, 1.807) is 0 Å². The highest BCUT2D eigenvalue weighted by molar-refractivity contribution is 7.99. The minimum absolute atomic E-state index is 0.307. The average molecular weight is 335 g/mol. The molecule has 4 rings (SSSR count). The van der Waals surface area contributed by atoms with Gasteiger partial charge in [-0.3, -0.25) is 4.79 Å². The summed E-state index contributed by atoms with van der Waals surface area (Å²) in [7, 11) is 0. The molecule has 0 aromatic heterocycles. The van der Waals surface area contributed by atoms with Crippen LogP contribution in [0.25, 0.3) is 0 Å². The van der Waals surface area contributed by atoms with Gasteiger partial charge in [-0.05, 0) is 62.8 Å². The SMILES string of the molecule is O=C(C1CCC(NCC2CC3C=CC2C3)CC1)N1CCSCC1. The zero-order valence-corrected chi connectivity index (χ0v) is 14.9. The van der Waals surface area contributed by atoms with Gasteiger partial charge < -0.3 is 10.2 Å². The molecule has 2 saturated carbocycles. The molecule has 3 aliphatic carbocycles. The second-order valence-electron chi connectivity index (χ2n) is 7.93. The molecular weight excluding hydrogens is 304 g/mol. The van der Waals surface area contributed by atoms with Crippen molar-refractivity contribution in [2.24, 2.45) is 23.7 Å². The van der Waals surface area contributed by atoms with E-state index in [1.807, 2.05) is 11.8 Å². The maximum absolute atomic E-state index is 12.6. The maximum Gasteiger partial charge on any atom is 0.225 e. The lowest BCUT2D eigenvalue weighted by Crippen LogP contribution is -2.44. The molecule has 1 saturated heterocycles. The Bertz CT molecular complexity index is 452. The van der Waals surface area contributed by atoms with E-state index in [0.717, 1.165) is 55.2 Å². The van der Waals surface area contributed by atoms with Gasteiger partial charge in [-0.25, -0.2) is 0 Å². The van der Waals surface area contributed by atoms with Crippen LogP contribution in [0.5, 0.6) is 0 Å². The monoisotopic (exact) mass is 334 g/mol. The van der Waals surface area contributed by atoms with Gasteiger partial charge in [0.15, 0.2) is 0 Å². The summed E-state index contributed by atoms with van der Waals surface area (Å²) in [5, 5.41) is 3.83. The Balaban J connectivity index is 1.19. The van der Waals surface area contributed by atoms with Crippen molar-refractivity contribution in [3.05, 3.63) is 12.2 Å². The molecule has 128 valence electrons. The van der Waals surface area contributed by atoms with Gasteiger partial charge in [-0.1, -0.05) is 12.2 Å². The third kappa shape index (κ3) is 3.63. The van der Waals surface area contributed by atoms with Crippen molar-refractivity contribution in [1.29, 1.82) is 0 Å². The van der Waals surface area contributed by atoms with Crippen molar-refractivity contribution in [3.8, 4) is 0 Å². The summed E-state index contributed by atoms with van der Waals surface area (Å²) in [4.78, 5) is 14.7. The average Bonchev–Trinajstić information content (AvgIpc) is 3.24. The standard InChI is InChI=1S/C19H30N2OS/c22-19(21-7-9-23-10-8-21)15-3-5-18(6-4-15)20-13-17-12-14-1-2-16(17)11-14/h1-2,14-18,20H,3-13H2. The Morgan fingerprint density at radius 2 is 1.87 bits per heavy atom. The van der Waals surface area contributed by atoms with E-state index < -0.39 is 0 Å². The van der Waals surface area contributed by atoms with Crippen molar-refractivity contribution < 1.29 is 4.79 Å². The second kappa shape index (κ2) is 7.18. The molecule has 2 bridgehead atoms. The van der Waals surface area contributed by atoms with E-state index in [1.165, 1.54) is 32.2 Å². The van der Waals surface area contributed by atoms with Crippen LogP contribution in [0.3, 0.4) is 0 Å². The van der Waals surface area contributed by atoms with E-state index in [0.29, 0.717) is 17.9 Å². The Morgan fingerprint density at radius 3 is 2.52 bits per heavy atom. The van der Waals surface area contributed by atoms with Crippen LogP contribution in [0.1, 0.15) is 38.5 Å². The fourth-order valence-electron chi connectivity index (χ4n) is 5.03. The number of carbonyl (C=O) groups is 1. The first-order chi connectivity index (χ1) is 11.3. The smallest absolute Gasteiger partial charge is 0.225 e. The molecule has 4 aliphatic rings. The van der Waals surface area contributed by atoms with E-state index in [2.05, 4.69) is 22.4 Å². The number of rotatable bonds is 4. The molecule has 1 aliphatic heterocycles. The largest absolute Gasteiger partial charge is 0.341 e. The van der Waals surface area contributed by atoms with Gasteiger partial charge in [0.1, 0.15) is 0 Å². The van der Waals surface area contributed by atoms with Crippen molar-refractivity contribution in [3.63, 3.8) is 0 Å². The number of carbonyl (C=O) groups excluding carboxylic acids is 1. The van der Waals surface area contributed by atoms with Gasteiger partial charge >= 0.3 is 0 Å². The van der Waals surface area contributed by atoms with Crippen LogP contribution in [-0.2, 0) is 4.79 Å². The van der Waals surface area contributed by atoms with E-state index >= 15 is 0 Å². The van der Waals surface area contributed by atoms with Gasteiger partial charge in [-0.15, -0.1) is 0 Å². The fourth-order valence-corrected chi connectivity index (χ4v) is 5.94. The van der Waals surface area contributed by atoms with Gasteiger partial charge in [0.05, 0.1) is 0 Å². The molecule has 3 unspecified atom stereocenters. The molecule has 1 N–H and O–H groups in total. The van der Waals surface area contributed by atoms with Crippen LogP contribution in [0.2, 0.25) is 0 Å². The molecule has 3 fully saturated rings. The Kier molecular flexibility index (Phi) is 5.00. The summed E-state index contributed by atoms with van der Waals surface area (Å²) in [6, 6.07) is 0.652. The first-order valence-corrected chi connectivity index (χ1v) is 10.7. The lowest BCUT2D eigenvalue weighted by molar-refractivity contribution is -0.136. The number of amides is 1. The van der Waals surface area contributed by atoms with Crippen molar-refractivity contribution in [2.45, 2.75) is 44.6 Å². The van der Waals surface area contributed by atoms with Crippen molar-refractivity contribution in [1.82, 2.24) is 10.2 Å². The highest BCUT2D eigenvalue weighted by Gasteiger charge is 2.36. The number of nitrogens with zero attached hydrogens (tertiary/aromatic N) is 1. The molecule has 0 spiro atoms. The fraction of sp³-hybridized carbons (Fsp3) is 0.842. The zero-order valence-electron chi connectivity index (χ0n) is 14.1. The molecule has 1 heterocycles. The van der Waals surface area contributed by atoms with Crippen molar-refractivity contribution >= 4 is 17.7 Å². The van der Waals surface area contributed by atoms with Crippen LogP contribution in [-0.4, -0.2) is 48.0 Å². The number of hydrogen-bond acceptors (Lipinski definition) is 3. The number of hydrogen-bond donors (Lipinski definition) is 1. The molecule has 0 aromatic rings. The summed E-state index contributed by atoms with van der Waals surface area (Å²) in [6.07, 6.45) is 12.2. The zero-order chi connectivity index (χ0) is 15.6. The molecular formula is C19H30N2OS. The van der Waals surface area contributed by atoms with Crippen LogP contribution in [0.4, 0.5) is 0 Å². The highest BCUT2D eigenvalue weighted by Crippen LogP contribution is 2.43. The molecule has 1 amide bonds. The predicted octanol–water partition coefficient (Wildman–Crippen LogP) is 2.92. The van der Waals surface area contributed by atoms with Gasteiger partial charge in [-0.2, -0.15) is 11.8 Å². The van der Waals surface area contributed by atoms with Crippen LogP contribution in [0.15, 0.2) is 12.2 Å². The minimum Gasteiger partial charge on any atom is -0.341 e. The molecule has 3 atom stereocenters. The summed E-state index contributed by atoms with van der Waals surface area (Å²) < 4.78 is 0. The number of fused-ring (bicyclic) bond motifs is 2. The van der Waals surface area contributed by atoms with Crippen LogP contribution in [0, 0.1) is 23.7 Å².